The zero-order valence-corrected chi connectivity index (χ0v) is 20.5. The van der Waals surface area contributed by atoms with Crippen molar-refractivity contribution < 1.29 is 17.6 Å². The molecule has 1 aromatic heterocycles. The third kappa shape index (κ3) is 4.67. The summed E-state index contributed by atoms with van der Waals surface area (Å²) in [6.45, 7) is 3.45. The molecule has 7 nitrogen and oxygen atoms in total. The van der Waals surface area contributed by atoms with Gasteiger partial charge in [0.05, 0.1) is 15.1 Å². The molecule has 0 N–H and O–H groups in total. The maximum atomic E-state index is 13.5. The molecule has 0 bridgehead atoms. The molecule has 2 aliphatic heterocycles. The predicted molar refractivity (Wildman–Crippen MR) is 131 cm³/mol. The first kappa shape index (κ1) is 23.2. The van der Waals surface area contributed by atoms with Crippen LogP contribution < -0.4 is 4.90 Å². The molecule has 2 aromatic carbocycles. The monoisotopic (exact) mass is 502 g/mol. The number of nitrogens with zero attached hydrogens (tertiary/aromatic N) is 4. The lowest BCUT2D eigenvalue weighted by Gasteiger charge is -2.34. The van der Waals surface area contributed by atoms with Crippen molar-refractivity contribution in [3.8, 4) is 0 Å². The van der Waals surface area contributed by atoms with E-state index in [1.807, 2.05) is 0 Å². The summed E-state index contributed by atoms with van der Waals surface area (Å²) in [6.07, 6.45) is 3.89. The van der Waals surface area contributed by atoms with Gasteiger partial charge in [-0.25, -0.2) is 17.8 Å². The van der Waals surface area contributed by atoms with E-state index in [2.05, 4.69) is 9.88 Å². The van der Waals surface area contributed by atoms with Crippen LogP contribution >= 0.6 is 11.3 Å². The fraction of sp³-hybridized carbons (Fsp3) is 0.417. The first-order chi connectivity index (χ1) is 16.4. The van der Waals surface area contributed by atoms with E-state index in [4.69, 9.17) is 0 Å². The Morgan fingerprint density at radius 2 is 1.56 bits per heavy atom. The molecule has 180 valence electrons. The van der Waals surface area contributed by atoms with Crippen molar-refractivity contribution in [2.75, 3.05) is 44.2 Å². The molecule has 0 aliphatic carbocycles. The number of thiazole rings is 1. The Labute approximate surface area is 202 Å². The molecule has 5 rings (SSSR count). The molecule has 1 amide bonds. The molecule has 2 aliphatic rings. The highest BCUT2D eigenvalue weighted by atomic mass is 32.2. The molecule has 0 saturated carbocycles. The molecule has 0 atom stereocenters. The van der Waals surface area contributed by atoms with Gasteiger partial charge in [0, 0.05) is 44.8 Å². The summed E-state index contributed by atoms with van der Waals surface area (Å²) in [4.78, 5) is 21.8. The van der Waals surface area contributed by atoms with Crippen molar-refractivity contribution in [1.29, 1.82) is 0 Å². The van der Waals surface area contributed by atoms with Gasteiger partial charge < -0.3 is 9.80 Å². The Morgan fingerprint density at radius 1 is 0.882 bits per heavy atom. The Bertz CT molecular complexity index is 1280. The van der Waals surface area contributed by atoms with E-state index in [0.29, 0.717) is 44.8 Å². The minimum Gasteiger partial charge on any atom is -0.345 e. The fourth-order valence-electron chi connectivity index (χ4n) is 4.51. The zero-order chi connectivity index (χ0) is 23.7. The number of rotatable bonds is 4. The van der Waals surface area contributed by atoms with Crippen LogP contribution in [0.4, 0.5) is 9.52 Å². The normalized spacial score (nSPS) is 18.3. The van der Waals surface area contributed by atoms with Crippen molar-refractivity contribution in [2.45, 2.75) is 30.6 Å². The Morgan fingerprint density at radius 3 is 2.24 bits per heavy atom. The quantitative estimate of drug-likeness (QED) is 0.540. The Hall–Kier alpha value is -2.56. The number of carbonyl (C=O) groups is 1. The fourth-order valence-corrected chi connectivity index (χ4v) is 7.06. The van der Waals surface area contributed by atoms with Crippen LogP contribution in [0.2, 0.25) is 0 Å². The first-order valence-electron chi connectivity index (χ1n) is 11.6. The summed E-state index contributed by atoms with van der Waals surface area (Å²) < 4.78 is 41.8. The number of sulfonamides is 1. The highest BCUT2D eigenvalue weighted by molar-refractivity contribution is 7.89. The average molecular weight is 503 g/mol. The van der Waals surface area contributed by atoms with Crippen LogP contribution in [0.5, 0.6) is 0 Å². The van der Waals surface area contributed by atoms with E-state index < -0.39 is 10.0 Å². The summed E-state index contributed by atoms with van der Waals surface area (Å²) in [5.74, 6) is -0.381. The van der Waals surface area contributed by atoms with Crippen molar-refractivity contribution >= 4 is 42.6 Å². The molecule has 2 saturated heterocycles. The molecule has 34 heavy (non-hydrogen) atoms. The van der Waals surface area contributed by atoms with Crippen LogP contribution in [-0.4, -0.2) is 67.8 Å². The van der Waals surface area contributed by atoms with Crippen molar-refractivity contribution in [1.82, 2.24) is 14.2 Å². The van der Waals surface area contributed by atoms with Gasteiger partial charge >= 0.3 is 0 Å². The second-order valence-corrected chi connectivity index (χ2v) is 11.7. The van der Waals surface area contributed by atoms with E-state index in [1.54, 1.807) is 39.5 Å². The summed E-state index contributed by atoms with van der Waals surface area (Å²) >= 11 is 1.45. The minimum absolute atomic E-state index is 0.107. The maximum Gasteiger partial charge on any atom is 0.253 e. The number of hydrogen-bond donors (Lipinski definition) is 0. The lowest BCUT2D eigenvalue weighted by molar-refractivity contribution is 0.0746. The number of anilines is 1. The van der Waals surface area contributed by atoms with Gasteiger partial charge in [-0.15, -0.1) is 0 Å². The second-order valence-electron chi connectivity index (χ2n) is 8.73. The number of aromatic nitrogens is 1. The second kappa shape index (κ2) is 9.59. The SMILES string of the molecule is O=C(c1ccc(S(=O)(=O)N2CCCCCC2)cc1)N1CCN(c2nc3ccc(F)cc3s2)CC1. The zero-order valence-electron chi connectivity index (χ0n) is 18.8. The summed E-state index contributed by atoms with van der Waals surface area (Å²) in [6, 6.07) is 10.9. The largest absolute Gasteiger partial charge is 0.345 e. The van der Waals surface area contributed by atoms with Crippen LogP contribution in [-0.2, 0) is 10.0 Å². The number of amides is 1. The average Bonchev–Trinajstić information content (AvgIpc) is 3.07. The number of fused-ring (bicyclic) bond motifs is 1. The van der Waals surface area contributed by atoms with Gasteiger partial charge in [-0.05, 0) is 55.3 Å². The third-order valence-electron chi connectivity index (χ3n) is 6.48. The van der Waals surface area contributed by atoms with E-state index in [0.717, 1.165) is 41.0 Å². The topological polar surface area (TPSA) is 73.8 Å². The Kier molecular flexibility index (Phi) is 6.54. The minimum atomic E-state index is -3.53. The molecular formula is C24H27FN4O3S2. The molecule has 3 aromatic rings. The van der Waals surface area contributed by atoms with Crippen molar-refractivity contribution in [2.24, 2.45) is 0 Å². The van der Waals surface area contributed by atoms with E-state index >= 15 is 0 Å². The van der Waals surface area contributed by atoms with Gasteiger partial charge in [0.2, 0.25) is 10.0 Å². The van der Waals surface area contributed by atoms with Crippen LogP contribution in [0, 0.1) is 5.82 Å². The smallest absolute Gasteiger partial charge is 0.253 e. The number of halogens is 1. The van der Waals surface area contributed by atoms with E-state index in [-0.39, 0.29) is 16.6 Å². The Balaban J connectivity index is 1.23. The van der Waals surface area contributed by atoms with Crippen LogP contribution in [0.3, 0.4) is 0 Å². The van der Waals surface area contributed by atoms with Crippen molar-refractivity contribution in [3.63, 3.8) is 0 Å². The number of carbonyl (C=O) groups excluding carboxylic acids is 1. The molecule has 10 heteroatoms. The summed E-state index contributed by atoms with van der Waals surface area (Å²) in [5.41, 5.74) is 1.26. The lowest BCUT2D eigenvalue weighted by Crippen LogP contribution is -2.48. The van der Waals surface area contributed by atoms with Gasteiger partial charge in [0.15, 0.2) is 5.13 Å². The van der Waals surface area contributed by atoms with Gasteiger partial charge in [0.1, 0.15) is 5.82 Å². The molecule has 0 radical (unpaired) electrons. The molecule has 0 unspecified atom stereocenters. The highest BCUT2D eigenvalue weighted by Crippen LogP contribution is 2.30. The summed E-state index contributed by atoms with van der Waals surface area (Å²) in [7, 11) is -3.53. The summed E-state index contributed by atoms with van der Waals surface area (Å²) in [5, 5.41) is 0.829. The van der Waals surface area contributed by atoms with Gasteiger partial charge in [-0.2, -0.15) is 4.31 Å². The number of benzene rings is 2. The van der Waals surface area contributed by atoms with E-state index in [9.17, 15) is 17.6 Å². The van der Waals surface area contributed by atoms with Gasteiger partial charge in [-0.1, -0.05) is 24.2 Å². The highest BCUT2D eigenvalue weighted by Gasteiger charge is 2.27. The third-order valence-corrected chi connectivity index (χ3v) is 9.47. The lowest BCUT2D eigenvalue weighted by atomic mass is 10.2. The molecule has 2 fully saturated rings. The first-order valence-corrected chi connectivity index (χ1v) is 13.9. The van der Waals surface area contributed by atoms with Gasteiger partial charge in [-0.3, -0.25) is 4.79 Å². The number of hydrogen-bond acceptors (Lipinski definition) is 6. The maximum absolute atomic E-state index is 13.5. The van der Waals surface area contributed by atoms with Crippen LogP contribution in [0.25, 0.3) is 10.2 Å². The van der Waals surface area contributed by atoms with Gasteiger partial charge in [0.25, 0.3) is 5.91 Å². The molecular weight excluding hydrogens is 475 g/mol. The van der Waals surface area contributed by atoms with Crippen LogP contribution in [0.15, 0.2) is 47.4 Å². The van der Waals surface area contributed by atoms with E-state index in [1.165, 1.54) is 23.5 Å². The predicted octanol–water partition coefficient (Wildman–Crippen LogP) is 3.96. The van der Waals surface area contributed by atoms with Crippen LogP contribution in [0.1, 0.15) is 36.0 Å². The molecule has 3 heterocycles. The van der Waals surface area contributed by atoms with Crippen molar-refractivity contribution in [3.05, 3.63) is 53.8 Å². The molecule has 0 spiro atoms. The standard InChI is InChI=1S/C24H27FN4O3S2/c25-19-7-10-21-22(17-19)33-24(26-21)28-15-13-27(14-16-28)23(30)18-5-8-20(9-6-18)34(31,32)29-11-3-1-2-4-12-29/h5-10,17H,1-4,11-16H2. The number of piperazine rings is 1.